The molecule has 0 amide bonds. The summed E-state index contributed by atoms with van der Waals surface area (Å²) in [7, 11) is 0. The van der Waals surface area contributed by atoms with Crippen LogP contribution in [0.3, 0.4) is 0 Å². The van der Waals surface area contributed by atoms with Gasteiger partial charge in [-0.15, -0.1) is 0 Å². The Morgan fingerprint density at radius 3 is 3.17 bits per heavy atom. The number of nitrogens with zero attached hydrogens (tertiary/aromatic N) is 3. The highest BCUT2D eigenvalue weighted by Gasteiger charge is 2.35. The Bertz CT molecular complexity index is 551. The van der Waals surface area contributed by atoms with E-state index in [1.807, 2.05) is 12.4 Å². The third-order valence-corrected chi connectivity index (χ3v) is 3.98. The fourth-order valence-corrected chi connectivity index (χ4v) is 2.78. The molecule has 1 aliphatic carbocycles. The lowest BCUT2D eigenvalue weighted by molar-refractivity contribution is 0.592. The maximum absolute atomic E-state index is 4.35. The van der Waals surface area contributed by atoms with E-state index in [2.05, 4.69) is 42.5 Å². The molecular formula is C13H17BrN4. The van der Waals surface area contributed by atoms with Crippen molar-refractivity contribution in [2.24, 2.45) is 5.92 Å². The number of halogens is 1. The van der Waals surface area contributed by atoms with Crippen LogP contribution in [0.5, 0.6) is 0 Å². The summed E-state index contributed by atoms with van der Waals surface area (Å²) in [6.07, 6.45) is 9.64. The monoisotopic (exact) mass is 308 g/mol. The molecular weight excluding hydrogens is 292 g/mol. The van der Waals surface area contributed by atoms with Gasteiger partial charge in [-0.3, -0.25) is 4.40 Å². The number of nitrogens with one attached hydrogen (secondary N) is 1. The van der Waals surface area contributed by atoms with E-state index in [1.165, 1.54) is 25.0 Å². The van der Waals surface area contributed by atoms with Crippen molar-refractivity contribution in [1.82, 2.24) is 19.7 Å². The van der Waals surface area contributed by atoms with E-state index in [9.17, 15) is 0 Å². The van der Waals surface area contributed by atoms with Crippen molar-refractivity contribution >= 4 is 21.6 Å². The molecule has 5 heteroatoms. The van der Waals surface area contributed by atoms with Crippen LogP contribution < -0.4 is 5.32 Å². The lowest BCUT2D eigenvalue weighted by atomic mass is 10.2. The molecule has 1 fully saturated rings. The van der Waals surface area contributed by atoms with E-state index in [1.54, 1.807) is 6.20 Å². The van der Waals surface area contributed by atoms with Crippen LogP contribution >= 0.6 is 15.9 Å². The van der Waals surface area contributed by atoms with Gasteiger partial charge in [-0.05, 0) is 34.7 Å². The molecule has 96 valence electrons. The Morgan fingerprint density at radius 2 is 2.33 bits per heavy atom. The van der Waals surface area contributed by atoms with Gasteiger partial charge in [-0.25, -0.2) is 9.97 Å². The van der Waals surface area contributed by atoms with Crippen molar-refractivity contribution in [2.45, 2.75) is 38.8 Å². The highest BCUT2D eigenvalue weighted by Crippen LogP contribution is 2.34. The van der Waals surface area contributed by atoms with Gasteiger partial charge < -0.3 is 5.32 Å². The second-order valence-corrected chi connectivity index (χ2v) is 5.77. The summed E-state index contributed by atoms with van der Waals surface area (Å²) in [5, 5.41) is 3.61. The average molecular weight is 309 g/mol. The van der Waals surface area contributed by atoms with Gasteiger partial charge in [-0.2, -0.15) is 0 Å². The quantitative estimate of drug-likeness (QED) is 0.923. The van der Waals surface area contributed by atoms with E-state index in [-0.39, 0.29) is 0 Å². The number of hydrogen-bond acceptors (Lipinski definition) is 3. The molecule has 2 aromatic heterocycles. The first-order valence-corrected chi connectivity index (χ1v) is 7.28. The largest absolute Gasteiger partial charge is 0.308 e. The van der Waals surface area contributed by atoms with Crippen molar-refractivity contribution in [3.05, 3.63) is 28.9 Å². The second kappa shape index (κ2) is 4.97. The van der Waals surface area contributed by atoms with Gasteiger partial charge in [0.05, 0.1) is 18.1 Å². The fraction of sp³-hybridized carbons (Fsp3) is 0.538. The summed E-state index contributed by atoms with van der Waals surface area (Å²) in [6.45, 7) is 3.13. The van der Waals surface area contributed by atoms with Gasteiger partial charge in [-0.1, -0.05) is 13.3 Å². The van der Waals surface area contributed by atoms with E-state index >= 15 is 0 Å². The minimum Gasteiger partial charge on any atom is -0.308 e. The van der Waals surface area contributed by atoms with E-state index in [4.69, 9.17) is 0 Å². The SMILES string of the molecule is CCCC1CC1NCc1cnc2cnc(Br)cn12. The molecule has 4 nitrogen and oxygen atoms in total. The molecule has 18 heavy (non-hydrogen) atoms. The molecule has 2 aromatic rings. The smallest absolute Gasteiger partial charge is 0.155 e. The number of hydrogen-bond donors (Lipinski definition) is 1. The Kier molecular flexibility index (Phi) is 3.35. The van der Waals surface area contributed by atoms with Crippen molar-refractivity contribution in [3.63, 3.8) is 0 Å². The van der Waals surface area contributed by atoms with Crippen LogP contribution in [0.1, 0.15) is 31.9 Å². The lowest BCUT2D eigenvalue weighted by Gasteiger charge is -2.04. The average Bonchev–Trinajstić information content (AvgIpc) is 2.98. The number of rotatable bonds is 5. The molecule has 1 saturated carbocycles. The summed E-state index contributed by atoms with van der Waals surface area (Å²) in [5.74, 6) is 0.891. The van der Waals surface area contributed by atoms with Crippen molar-refractivity contribution < 1.29 is 0 Å². The van der Waals surface area contributed by atoms with E-state index in [0.29, 0.717) is 6.04 Å². The molecule has 0 aromatic carbocycles. The molecule has 3 rings (SSSR count). The first-order chi connectivity index (χ1) is 8.78. The van der Waals surface area contributed by atoms with Gasteiger partial charge in [0.15, 0.2) is 5.65 Å². The van der Waals surface area contributed by atoms with Crippen LogP contribution in [0.2, 0.25) is 0 Å². The van der Waals surface area contributed by atoms with Crippen LogP contribution in [0.15, 0.2) is 23.2 Å². The molecule has 2 unspecified atom stereocenters. The number of aromatic nitrogens is 3. The maximum atomic E-state index is 4.35. The zero-order chi connectivity index (χ0) is 12.5. The van der Waals surface area contributed by atoms with Crippen molar-refractivity contribution in [2.75, 3.05) is 0 Å². The highest BCUT2D eigenvalue weighted by atomic mass is 79.9. The standard InChI is InChI=1S/C13H17BrN4/c1-2-3-9-4-11(9)15-5-10-6-17-13-7-16-12(14)8-18(10)13/h6-9,11,15H,2-5H2,1H3. The summed E-state index contributed by atoms with van der Waals surface area (Å²) in [4.78, 5) is 8.53. The van der Waals surface area contributed by atoms with Crippen LogP contribution in [-0.2, 0) is 6.54 Å². The van der Waals surface area contributed by atoms with Crippen LogP contribution in [0.25, 0.3) is 5.65 Å². The van der Waals surface area contributed by atoms with Crippen molar-refractivity contribution in [3.8, 4) is 0 Å². The minimum absolute atomic E-state index is 0.709. The third-order valence-electron chi connectivity index (χ3n) is 3.57. The third kappa shape index (κ3) is 2.42. The zero-order valence-corrected chi connectivity index (χ0v) is 12.0. The van der Waals surface area contributed by atoms with Gasteiger partial charge in [0.25, 0.3) is 0 Å². The van der Waals surface area contributed by atoms with Gasteiger partial charge in [0.1, 0.15) is 4.60 Å². The van der Waals surface area contributed by atoms with Crippen LogP contribution in [0.4, 0.5) is 0 Å². The second-order valence-electron chi connectivity index (χ2n) is 4.96. The van der Waals surface area contributed by atoms with E-state index < -0.39 is 0 Å². The Hall–Kier alpha value is -0.940. The maximum Gasteiger partial charge on any atom is 0.155 e. The molecule has 1 N–H and O–H groups in total. The normalized spacial score (nSPS) is 22.6. The highest BCUT2D eigenvalue weighted by molar-refractivity contribution is 9.10. The Balaban J connectivity index is 1.66. The molecule has 2 heterocycles. The number of imidazole rings is 1. The first-order valence-electron chi connectivity index (χ1n) is 6.48. The van der Waals surface area contributed by atoms with Gasteiger partial charge >= 0.3 is 0 Å². The molecule has 1 aliphatic rings. The summed E-state index contributed by atoms with van der Waals surface area (Å²) in [5.41, 5.74) is 2.09. The molecule has 0 saturated heterocycles. The zero-order valence-electron chi connectivity index (χ0n) is 10.4. The molecule has 0 aliphatic heterocycles. The van der Waals surface area contributed by atoms with Gasteiger partial charge in [0.2, 0.25) is 0 Å². The van der Waals surface area contributed by atoms with Crippen molar-refractivity contribution in [1.29, 1.82) is 0 Å². The van der Waals surface area contributed by atoms with E-state index in [0.717, 1.165) is 22.7 Å². The Morgan fingerprint density at radius 1 is 1.44 bits per heavy atom. The molecule has 0 bridgehead atoms. The van der Waals surface area contributed by atoms with Gasteiger partial charge in [0, 0.05) is 18.8 Å². The molecule has 2 atom stereocenters. The summed E-state index contributed by atoms with van der Waals surface area (Å²) < 4.78 is 2.92. The van der Waals surface area contributed by atoms with Crippen LogP contribution in [-0.4, -0.2) is 20.4 Å². The number of fused-ring (bicyclic) bond motifs is 1. The lowest BCUT2D eigenvalue weighted by Crippen LogP contribution is -2.18. The molecule has 0 radical (unpaired) electrons. The predicted octanol–water partition coefficient (Wildman–Crippen LogP) is 2.77. The topological polar surface area (TPSA) is 42.2 Å². The summed E-state index contributed by atoms with van der Waals surface area (Å²) in [6, 6.07) is 0.709. The summed E-state index contributed by atoms with van der Waals surface area (Å²) >= 11 is 3.39. The fourth-order valence-electron chi connectivity index (χ4n) is 2.47. The first kappa shape index (κ1) is 12.1. The molecule has 0 spiro atoms. The Labute approximate surface area is 115 Å². The predicted molar refractivity (Wildman–Crippen MR) is 74.3 cm³/mol. The minimum atomic E-state index is 0.709. The van der Waals surface area contributed by atoms with Crippen LogP contribution in [0, 0.1) is 5.92 Å².